The van der Waals surface area contributed by atoms with Gasteiger partial charge in [0.15, 0.2) is 0 Å². The SMILES string of the molecule is O=C(OCc1cccc([N+](=O)[O-])c1)C1CCN(S(=O)(=O)c2ccc(F)cc2)CC1. The zero-order valence-corrected chi connectivity index (χ0v) is 16.2. The quantitative estimate of drug-likeness (QED) is 0.403. The summed E-state index contributed by atoms with van der Waals surface area (Å²) in [5.41, 5.74) is 0.418. The molecule has 0 aliphatic carbocycles. The Labute approximate surface area is 167 Å². The molecule has 0 amide bonds. The second-order valence-electron chi connectivity index (χ2n) is 6.67. The number of carbonyl (C=O) groups is 1. The predicted octanol–water partition coefficient (Wildman–Crippen LogP) is 2.88. The molecule has 10 heteroatoms. The van der Waals surface area contributed by atoms with Crippen molar-refractivity contribution in [3.8, 4) is 0 Å². The summed E-state index contributed by atoms with van der Waals surface area (Å²) in [5, 5.41) is 10.8. The molecule has 0 unspecified atom stereocenters. The Morgan fingerprint density at radius 3 is 2.45 bits per heavy atom. The third kappa shape index (κ3) is 4.96. The van der Waals surface area contributed by atoms with Crippen LogP contribution in [0.25, 0.3) is 0 Å². The number of benzene rings is 2. The molecule has 0 atom stereocenters. The van der Waals surface area contributed by atoms with Gasteiger partial charge in [-0.05, 0) is 42.7 Å². The minimum Gasteiger partial charge on any atom is -0.461 e. The van der Waals surface area contributed by atoms with Crippen LogP contribution in [0.2, 0.25) is 0 Å². The molecule has 29 heavy (non-hydrogen) atoms. The number of nitro groups is 1. The van der Waals surface area contributed by atoms with Gasteiger partial charge in [-0.2, -0.15) is 4.31 Å². The fourth-order valence-electron chi connectivity index (χ4n) is 3.12. The van der Waals surface area contributed by atoms with Crippen molar-refractivity contribution in [1.82, 2.24) is 4.31 Å². The number of rotatable bonds is 6. The summed E-state index contributed by atoms with van der Waals surface area (Å²) in [4.78, 5) is 22.6. The summed E-state index contributed by atoms with van der Waals surface area (Å²) in [6, 6.07) is 10.4. The van der Waals surface area contributed by atoms with Crippen LogP contribution in [-0.4, -0.2) is 36.7 Å². The van der Waals surface area contributed by atoms with Crippen molar-refractivity contribution in [2.24, 2.45) is 5.92 Å². The molecule has 2 aromatic carbocycles. The van der Waals surface area contributed by atoms with Crippen LogP contribution in [0.4, 0.5) is 10.1 Å². The van der Waals surface area contributed by atoms with E-state index >= 15 is 0 Å². The molecule has 0 radical (unpaired) electrons. The van der Waals surface area contributed by atoms with Crippen LogP contribution in [0.5, 0.6) is 0 Å². The van der Waals surface area contributed by atoms with E-state index in [4.69, 9.17) is 4.74 Å². The highest BCUT2D eigenvalue weighted by Crippen LogP contribution is 2.25. The van der Waals surface area contributed by atoms with Gasteiger partial charge in [-0.3, -0.25) is 14.9 Å². The summed E-state index contributed by atoms with van der Waals surface area (Å²) in [6.45, 7) is 0.210. The van der Waals surface area contributed by atoms with Crippen molar-refractivity contribution in [3.63, 3.8) is 0 Å². The Morgan fingerprint density at radius 1 is 1.17 bits per heavy atom. The van der Waals surface area contributed by atoms with Gasteiger partial charge in [0, 0.05) is 25.2 Å². The van der Waals surface area contributed by atoms with Gasteiger partial charge in [-0.15, -0.1) is 0 Å². The van der Waals surface area contributed by atoms with Gasteiger partial charge < -0.3 is 4.74 Å². The zero-order valence-electron chi connectivity index (χ0n) is 15.4. The van der Waals surface area contributed by atoms with Gasteiger partial charge in [0.25, 0.3) is 5.69 Å². The number of non-ortho nitro benzene ring substituents is 1. The number of halogens is 1. The Kier molecular flexibility index (Phi) is 6.23. The second kappa shape index (κ2) is 8.66. The van der Waals surface area contributed by atoms with E-state index in [0.717, 1.165) is 12.1 Å². The first-order valence-corrected chi connectivity index (χ1v) is 10.4. The lowest BCUT2D eigenvalue weighted by Crippen LogP contribution is -2.40. The molecule has 1 heterocycles. The van der Waals surface area contributed by atoms with Crippen molar-refractivity contribution in [2.45, 2.75) is 24.3 Å². The predicted molar refractivity (Wildman–Crippen MR) is 101 cm³/mol. The van der Waals surface area contributed by atoms with Crippen molar-refractivity contribution in [2.75, 3.05) is 13.1 Å². The Bertz CT molecular complexity index is 1000. The lowest BCUT2D eigenvalue weighted by atomic mass is 9.98. The first-order valence-electron chi connectivity index (χ1n) is 8.93. The number of nitro benzene ring substituents is 1. The topological polar surface area (TPSA) is 107 Å². The molecule has 0 spiro atoms. The molecular weight excluding hydrogens is 403 g/mol. The number of carbonyl (C=O) groups excluding carboxylic acids is 1. The lowest BCUT2D eigenvalue weighted by molar-refractivity contribution is -0.384. The normalized spacial score (nSPS) is 15.8. The molecule has 1 aliphatic rings. The molecule has 8 nitrogen and oxygen atoms in total. The number of ether oxygens (including phenoxy) is 1. The molecule has 0 saturated carbocycles. The Balaban J connectivity index is 1.55. The van der Waals surface area contributed by atoms with E-state index in [1.165, 1.54) is 34.6 Å². The summed E-state index contributed by atoms with van der Waals surface area (Å²) in [5.74, 6) is -1.43. The number of esters is 1. The maximum atomic E-state index is 13.0. The fourth-order valence-corrected chi connectivity index (χ4v) is 4.59. The van der Waals surface area contributed by atoms with E-state index in [0.29, 0.717) is 18.4 Å². The van der Waals surface area contributed by atoms with E-state index in [-0.39, 0.29) is 30.3 Å². The van der Waals surface area contributed by atoms with Gasteiger partial charge in [0.2, 0.25) is 10.0 Å². The van der Waals surface area contributed by atoms with Crippen molar-refractivity contribution in [3.05, 3.63) is 70.0 Å². The minimum atomic E-state index is -3.75. The summed E-state index contributed by atoms with van der Waals surface area (Å²) < 4.78 is 44.7. The fraction of sp³-hybridized carbons (Fsp3) is 0.316. The van der Waals surface area contributed by atoms with Crippen LogP contribution in [0.3, 0.4) is 0 Å². The van der Waals surface area contributed by atoms with E-state index in [1.807, 2.05) is 0 Å². The molecule has 1 aliphatic heterocycles. The van der Waals surface area contributed by atoms with Gasteiger partial charge in [0.1, 0.15) is 12.4 Å². The standard InChI is InChI=1S/C19H19FN2O6S/c20-16-4-6-18(7-5-16)29(26,27)21-10-8-15(9-11-21)19(23)28-13-14-2-1-3-17(12-14)22(24)25/h1-7,12,15H,8-11,13H2. The number of nitrogens with zero attached hydrogens (tertiary/aromatic N) is 2. The van der Waals surface area contributed by atoms with Crippen LogP contribution in [0, 0.1) is 21.8 Å². The first kappa shape index (κ1) is 20.9. The van der Waals surface area contributed by atoms with Gasteiger partial charge >= 0.3 is 5.97 Å². The van der Waals surface area contributed by atoms with Gasteiger partial charge in [-0.25, -0.2) is 12.8 Å². The van der Waals surface area contributed by atoms with Crippen molar-refractivity contribution in [1.29, 1.82) is 0 Å². The average molecular weight is 422 g/mol. The first-order chi connectivity index (χ1) is 13.8. The average Bonchev–Trinajstić information content (AvgIpc) is 2.72. The maximum Gasteiger partial charge on any atom is 0.309 e. The molecule has 3 rings (SSSR count). The smallest absolute Gasteiger partial charge is 0.309 e. The summed E-state index contributed by atoms with van der Waals surface area (Å²) in [7, 11) is -3.75. The third-order valence-corrected chi connectivity index (χ3v) is 6.65. The highest BCUT2D eigenvalue weighted by atomic mass is 32.2. The van der Waals surface area contributed by atoms with E-state index in [1.54, 1.807) is 6.07 Å². The second-order valence-corrected chi connectivity index (χ2v) is 8.60. The van der Waals surface area contributed by atoms with Crippen molar-refractivity contribution < 1.29 is 27.3 Å². The van der Waals surface area contributed by atoms with Crippen LogP contribution in [0.15, 0.2) is 53.4 Å². The molecule has 0 aromatic heterocycles. The Hall–Kier alpha value is -2.85. The Morgan fingerprint density at radius 2 is 1.83 bits per heavy atom. The lowest BCUT2D eigenvalue weighted by Gasteiger charge is -2.30. The monoisotopic (exact) mass is 422 g/mol. The highest BCUT2D eigenvalue weighted by molar-refractivity contribution is 7.89. The van der Waals surface area contributed by atoms with Crippen molar-refractivity contribution >= 4 is 21.7 Å². The van der Waals surface area contributed by atoms with E-state index in [9.17, 15) is 27.7 Å². The zero-order chi connectivity index (χ0) is 21.0. The number of sulfonamides is 1. The maximum absolute atomic E-state index is 13.0. The number of hydrogen-bond donors (Lipinski definition) is 0. The number of hydrogen-bond acceptors (Lipinski definition) is 6. The molecule has 0 N–H and O–H groups in total. The van der Waals surface area contributed by atoms with E-state index in [2.05, 4.69) is 0 Å². The third-order valence-electron chi connectivity index (χ3n) is 4.74. The van der Waals surface area contributed by atoms with Crippen LogP contribution in [-0.2, 0) is 26.2 Å². The highest BCUT2D eigenvalue weighted by Gasteiger charge is 2.32. The largest absolute Gasteiger partial charge is 0.461 e. The van der Waals surface area contributed by atoms with Crippen LogP contribution in [0.1, 0.15) is 18.4 Å². The molecule has 1 fully saturated rings. The number of piperidine rings is 1. The molecular formula is C19H19FN2O6S. The summed E-state index contributed by atoms with van der Waals surface area (Å²) in [6.07, 6.45) is 0.600. The molecule has 0 bridgehead atoms. The van der Waals surface area contributed by atoms with Crippen LogP contribution >= 0.6 is 0 Å². The van der Waals surface area contributed by atoms with Gasteiger partial charge in [-0.1, -0.05) is 12.1 Å². The molecule has 1 saturated heterocycles. The van der Waals surface area contributed by atoms with E-state index < -0.39 is 32.7 Å². The van der Waals surface area contributed by atoms with Crippen LogP contribution < -0.4 is 0 Å². The summed E-state index contributed by atoms with van der Waals surface area (Å²) >= 11 is 0. The molecule has 154 valence electrons. The van der Waals surface area contributed by atoms with Gasteiger partial charge in [0.05, 0.1) is 15.7 Å². The molecule has 2 aromatic rings. The minimum absolute atomic E-state index is 0.00518.